The third-order valence-electron chi connectivity index (χ3n) is 5.01. The smallest absolute Gasteiger partial charge is 0.168 e. The van der Waals surface area contributed by atoms with Gasteiger partial charge in [-0.1, -0.05) is 48.5 Å². The maximum Gasteiger partial charge on any atom is 0.168 e. The average Bonchev–Trinajstić information content (AvgIpc) is 3.37. The Morgan fingerprint density at radius 2 is 1.04 bits per heavy atom. The summed E-state index contributed by atoms with van der Waals surface area (Å²) in [6.07, 6.45) is 3.97. The van der Waals surface area contributed by atoms with Gasteiger partial charge in [-0.15, -0.1) is 20.4 Å². The van der Waals surface area contributed by atoms with Crippen molar-refractivity contribution < 1.29 is 0 Å². The van der Waals surface area contributed by atoms with Gasteiger partial charge < -0.3 is 0 Å². The van der Waals surface area contributed by atoms with E-state index < -0.39 is 0 Å². The first-order valence-electron chi connectivity index (χ1n) is 9.02. The largest absolute Gasteiger partial charge is 0.282 e. The SMILES string of the molecule is c1cc(-c2nnc3ccccn23)c2c(-c3nnc4ccccn34)cccc2c1. The molecule has 0 atom stereocenters. The van der Waals surface area contributed by atoms with E-state index in [1.54, 1.807) is 0 Å². The van der Waals surface area contributed by atoms with Crippen LogP contribution in [-0.2, 0) is 0 Å². The molecule has 0 saturated heterocycles. The van der Waals surface area contributed by atoms with E-state index >= 15 is 0 Å². The number of benzene rings is 2. The minimum absolute atomic E-state index is 0.808. The first-order chi connectivity index (χ1) is 13.9. The Hall–Kier alpha value is -4.06. The van der Waals surface area contributed by atoms with Crippen LogP contribution in [0.25, 0.3) is 44.8 Å². The molecular formula is C22H14N6. The molecule has 2 aromatic carbocycles. The van der Waals surface area contributed by atoms with Crippen LogP contribution in [0.4, 0.5) is 0 Å². The molecule has 6 nitrogen and oxygen atoms in total. The summed E-state index contributed by atoms with van der Waals surface area (Å²) in [6.45, 7) is 0. The normalized spacial score (nSPS) is 11.6. The van der Waals surface area contributed by atoms with Crippen LogP contribution in [0.15, 0.2) is 85.2 Å². The predicted octanol–water partition coefficient (Wildman–Crippen LogP) is 4.26. The molecule has 4 aromatic heterocycles. The lowest BCUT2D eigenvalue weighted by Crippen LogP contribution is -1.94. The van der Waals surface area contributed by atoms with Crippen molar-refractivity contribution in [1.29, 1.82) is 0 Å². The van der Waals surface area contributed by atoms with Crippen LogP contribution in [0.2, 0.25) is 0 Å². The predicted molar refractivity (Wildman–Crippen MR) is 108 cm³/mol. The summed E-state index contributed by atoms with van der Waals surface area (Å²) >= 11 is 0. The van der Waals surface area contributed by atoms with Gasteiger partial charge in [0.1, 0.15) is 0 Å². The van der Waals surface area contributed by atoms with Gasteiger partial charge in [-0.05, 0) is 29.7 Å². The number of rotatable bonds is 2. The molecule has 6 heteroatoms. The van der Waals surface area contributed by atoms with E-state index in [0.29, 0.717) is 0 Å². The van der Waals surface area contributed by atoms with E-state index in [2.05, 4.69) is 44.7 Å². The van der Waals surface area contributed by atoms with E-state index in [9.17, 15) is 0 Å². The van der Waals surface area contributed by atoms with E-state index in [1.165, 1.54) is 0 Å². The summed E-state index contributed by atoms with van der Waals surface area (Å²) in [4.78, 5) is 0. The highest BCUT2D eigenvalue weighted by atomic mass is 15.3. The second-order valence-corrected chi connectivity index (χ2v) is 6.61. The number of hydrogen-bond acceptors (Lipinski definition) is 4. The van der Waals surface area contributed by atoms with Crippen molar-refractivity contribution in [2.24, 2.45) is 0 Å². The van der Waals surface area contributed by atoms with E-state index in [0.717, 1.165) is 44.8 Å². The van der Waals surface area contributed by atoms with Gasteiger partial charge in [0.05, 0.1) is 0 Å². The molecule has 6 rings (SSSR count). The Balaban J connectivity index is 1.72. The summed E-state index contributed by atoms with van der Waals surface area (Å²) in [5.74, 6) is 1.62. The van der Waals surface area contributed by atoms with Gasteiger partial charge in [0.15, 0.2) is 22.9 Å². The highest BCUT2D eigenvalue weighted by Gasteiger charge is 2.17. The van der Waals surface area contributed by atoms with Crippen LogP contribution in [0.1, 0.15) is 0 Å². The zero-order valence-electron chi connectivity index (χ0n) is 14.8. The van der Waals surface area contributed by atoms with E-state index in [4.69, 9.17) is 0 Å². The molecule has 0 aliphatic rings. The topological polar surface area (TPSA) is 60.4 Å². The van der Waals surface area contributed by atoms with Crippen LogP contribution in [0.5, 0.6) is 0 Å². The molecule has 0 aliphatic heterocycles. The first-order valence-corrected chi connectivity index (χ1v) is 9.02. The zero-order valence-corrected chi connectivity index (χ0v) is 14.8. The average molecular weight is 362 g/mol. The van der Waals surface area contributed by atoms with Crippen LogP contribution in [0.3, 0.4) is 0 Å². The molecule has 4 heterocycles. The van der Waals surface area contributed by atoms with Gasteiger partial charge in [-0.2, -0.15) is 0 Å². The van der Waals surface area contributed by atoms with Crippen molar-refractivity contribution >= 4 is 22.1 Å². The van der Waals surface area contributed by atoms with Crippen molar-refractivity contribution in [2.45, 2.75) is 0 Å². The molecule has 6 aromatic rings. The first kappa shape index (κ1) is 15.0. The molecule has 0 bridgehead atoms. The Kier molecular flexibility index (Phi) is 3.07. The molecule has 0 aliphatic carbocycles. The van der Waals surface area contributed by atoms with Gasteiger partial charge in [-0.3, -0.25) is 8.80 Å². The number of fused-ring (bicyclic) bond motifs is 3. The highest BCUT2D eigenvalue weighted by Crippen LogP contribution is 2.35. The Morgan fingerprint density at radius 1 is 0.500 bits per heavy atom. The minimum Gasteiger partial charge on any atom is -0.282 e. The van der Waals surface area contributed by atoms with Gasteiger partial charge in [0.25, 0.3) is 0 Å². The fraction of sp³-hybridized carbons (Fsp3) is 0. The maximum atomic E-state index is 4.47. The lowest BCUT2D eigenvalue weighted by molar-refractivity contribution is 1.11. The Labute approximate surface area is 159 Å². The maximum absolute atomic E-state index is 4.47. The van der Waals surface area contributed by atoms with Crippen LogP contribution in [-0.4, -0.2) is 29.2 Å². The van der Waals surface area contributed by atoms with E-state index in [-0.39, 0.29) is 0 Å². The molecule has 0 saturated carbocycles. The quantitative estimate of drug-likeness (QED) is 0.462. The molecular weight excluding hydrogens is 348 g/mol. The molecule has 28 heavy (non-hydrogen) atoms. The second kappa shape index (κ2) is 5.72. The number of pyridine rings is 2. The third-order valence-corrected chi connectivity index (χ3v) is 5.01. The van der Waals surface area contributed by atoms with Gasteiger partial charge in [-0.25, -0.2) is 0 Å². The van der Waals surface area contributed by atoms with Crippen LogP contribution >= 0.6 is 0 Å². The molecule has 0 spiro atoms. The minimum atomic E-state index is 0.808. The highest BCUT2D eigenvalue weighted by molar-refractivity contribution is 6.04. The molecule has 132 valence electrons. The summed E-state index contributed by atoms with van der Waals surface area (Å²) < 4.78 is 4.01. The van der Waals surface area contributed by atoms with Crippen molar-refractivity contribution in [3.8, 4) is 22.8 Å². The Bertz CT molecular complexity index is 1370. The van der Waals surface area contributed by atoms with Gasteiger partial charge in [0.2, 0.25) is 0 Å². The van der Waals surface area contributed by atoms with Crippen LogP contribution in [0, 0.1) is 0 Å². The monoisotopic (exact) mass is 362 g/mol. The molecule has 0 N–H and O–H groups in total. The standard InChI is InChI=1S/C22H14N6/c1-3-13-27-18(11-1)23-25-21(27)16-9-5-7-15-8-6-10-17(20(15)16)22-26-24-19-12-2-4-14-28(19)22/h1-14H. The number of aromatic nitrogens is 6. The van der Waals surface area contributed by atoms with Gasteiger partial charge >= 0.3 is 0 Å². The fourth-order valence-corrected chi connectivity index (χ4v) is 3.76. The lowest BCUT2D eigenvalue weighted by Gasteiger charge is -2.10. The number of nitrogens with zero attached hydrogens (tertiary/aromatic N) is 6. The Morgan fingerprint density at radius 3 is 1.57 bits per heavy atom. The van der Waals surface area contributed by atoms with Crippen molar-refractivity contribution in [3.05, 3.63) is 85.2 Å². The van der Waals surface area contributed by atoms with Crippen molar-refractivity contribution in [3.63, 3.8) is 0 Å². The lowest BCUT2D eigenvalue weighted by atomic mass is 9.98. The van der Waals surface area contributed by atoms with Crippen molar-refractivity contribution in [1.82, 2.24) is 29.2 Å². The second-order valence-electron chi connectivity index (χ2n) is 6.61. The zero-order chi connectivity index (χ0) is 18.5. The fourth-order valence-electron chi connectivity index (χ4n) is 3.76. The molecule has 0 radical (unpaired) electrons. The van der Waals surface area contributed by atoms with Gasteiger partial charge in [0, 0.05) is 28.9 Å². The van der Waals surface area contributed by atoms with Crippen LogP contribution < -0.4 is 0 Å². The van der Waals surface area contributed by atoms with E-state index in [1.807, 2.05) is 69.7 Å². The number of hydrogen-bond donors (Lipinski definition) is 0. The summed E-state index contributed by atoms with van der Waals surface area (Å²) in [5, 5.41) is 19.8. The molecule has 0 fully saturated rings. The van der Waals surface area contributed by atoms with Crippen molar-refractivity contribution in [2.75, 3.05) is 0 Å². The summed E-state index contributed by atoms with van der Waals surface area (Å²) in [6, 6.07) is 24.3. The third kappa shape index (κ3) is 2.08. The molecule has 0 unspecified atom stereocenters. The molecule has 0 amide bonds. The summed E-state index contributed by atoms with van der Waals surface area (Å²) in [5.41, 5.74) is 3.67. The summed E-state index contributed by atoms with van der Waals surface area (Å²) in [7, 11) is 0.